The molecule has 2 aromatic carbocycles. The molecule has 0 N–H and O–H groups in total. The van der Waals surface area contributed by atoms with E-state index in [9.17, 15) is 13.2 Å². The summed E-state index contributed by atoms with van der Waals surface area (Å²) in [6.07, 6.45) is 0. The first-order valence-electron chi connectivity index (χ1n) is 4.54. The van der Waals surface area contributed by atoms with Crippen LogP contribution in [0.3, 0.4) is 0 Å². The maximum absolute atomic E-state index is 13.3. The lowest BCUT2D eigenvalue weighted by Gasteiger charge is -2.04. The Morgan fingerprint density at radius 3 is 1.94 bits per heavy atom. The Bertz CT molecular complexity index is 474. The van der Waals surface area contributed by atoms with Gasteiger partial charge in [0.25, 0.3) is 0 Å². The molecule has 0 aliphatic carbocycles. The zero-order valence-corrected chi connectivity index (χ0v) is 8.90. The van der Waals surface area contributed by atoms with Gasteiger partial charge >= 0.3 is 0 Å². The molecular formula is C12H7F3S. The van der Waals surface area contributed by atoms with Gasteiger partial charge in [0, 0.05) is 17.0 Å². The van der Waals surface area contributed by atoms with Gasteiger partial charge in [-0.3, -0.25) is 0 Å². The van der Waals surface area contributed by atoms with E-state index in [1.165, 1.54) is 0 Å². The summed E-state index contributed by atoms with van der Waals surface area (Å²) in [6.45, 7) is 0. The van der Waals surface area contributed by atoms with Crippen LogP contribution in [0.25, 0.3) is 0 Å². The quantitative estimate of drug-likeness (QED) is 0.756. The average molecular weight is 240 g/mol. The van der Waals surface area contributed by atoms with E-state index in [0.29, 0.717) is 17.0 Å². The summed E-state index contributed by atoms with van der Waals surface area (Å²) in [5.74, 6) is -2.68. The number of halogens is 3. The highest BCUT2D eigenvalue weighted by molar-refractivity contribution is 7.99. The van der Waals surface area contributed by atoms with Crippen molar-refractivity contribution in [2.45, 2.75) is 9.79 Å². The van der Waals surface area contributed by atoms with Crippen LogP contribution in [0.15, 0.2) is 52.3 Å². The van der Waals surface area contributed by atoms with Crippen molar-refractivity contribution in [1.29, 1.82) is 0 Å². The molecule has 0 spiro atoms. The van der Waals surface area contributed by atoms with Crippen LogP contribution in [-0.4, -0.2) is 0 Å². The van der Waals surface area contributed by atoms with Gasteiger partial charge < -0.3 is 0 Å². The number of hydrogen-bond donors (Lipinski definition) is 0. The lowest BCUT2D eigenvalue weighted by atomic mass is 10.3. The summed E-state index contributed by atoms with van der Waals surface area (Å²) >= 11 is 0.933. The molecule has 0 saturated carbocycles. The van der Waals surface area contributed by atoms with E-state index in [0.717, 1.165) is 11.8 Å². The minimum absolute atomic E-state index is 0.187. The van der Waals surface area contributed by atoms with Gasteiger partial charge in [0.15, 0.2) is 0 Å². The molecular weight excluding hydrogens is 233 g/mol. The summed E-state index contributed by atoms with van der Waals surface area (Å²) in [6, 6.07) is 10.1. The zero-order chi connectivity index (χ0) is 11.5. The Labute approximate surface area is 95.1 Å². The first-order valence-corrected chi connectivity index (χ1v) is 5.36. The molecule has 0 saturated heterocycles. The second kappa shape index (κ2) is 4.61. The van der Waals surface area contributed by atoms with Crippen molar-refractivity contribution in [2.24, 2.45) is 0 Å². The number of hydrogen-bond acceptors (Lipinski definition) is 1. The molecule has 0 heterocycles. The molecule has 0 fully saturated rings. The summed E-state index contributed by atoms with van der Waals surface area (Å²) in [7, 11) is 0. The minimum atomic E-state index is -0.910. The first kappa shape index (κ1) is 11.1. The predicted molar refractivity (Wildman–Crippen MR) is 56.9 cm³/mol. The molecule has 2 aromatic rings. The smallest absolute Gasteiger partial charge is 0.143 e. The van der Waals surface area contributed by atoms with Gasteiger partial charge in [0.2, 0.25) is 0 Å². The highest BCUT2D eigenvalue weighted by Crippen LogP contribution is 2.32. The summed E-state index contributed by atoms with van der Waals surface area (Å²) < 4.78 is 39.3. The third kappa shape index (κ3) is 2.39. The molecule has 4 heteroatoms. The van der Waals surface area contributed by atoms with Crippen molar-refractivity contribution in [3.8, 4) is 0 Å². The van der Waals surface area contributed by atoms with Crippen LogP contribution in [0.2, 0.25) is 0 Å². The van der Waals surface area contributed by atoms with Gasteiger partial charge in [-0.1, -0.05) is 30.0 Å². The van der Waals surface area contributed by atoms with Crippen LogP contribution in [0.5, 0.6) is 0 Å². The largest absolute Gasteiger partial charge is 0.207 e. The van der Waals surface area contributed by atoms with E-state index in [1.54, 1.807) is 30.3 Å². The van der Waals surface area contributed by atoms with Gasteiger partial charge in [0.1, 0.15) is 17.5 Å². The lowest BCUT2D eigenvalue weighted by molar-refractivity contribution is 0.511. The maximum atomic E-state index is 13.3. The van der Waals surface area contributed by atoms with E-state index >= 15 is 0 Å². The first-order chi connectivity index (χ1) is 7.66. The number of benzene rings is 2. The van der Waals surface area contributed by atoms with E-state index in [2.05, 4.69) is 0 Å². The highest BCUT2D eigenvalue weighted by atomic mass is 32.2. The van der Waals surface area contributed by atoms with Gasteiger partial charge in [-0.15, -0.1) is 0 Å². The third-order valence-electron chi connectivity index (χ3n) is 1.93. The Morgan fingerprint density at radius 1 is 0.812 bits per heavy atom. The molecule has 0 atom stereocenters. The van der Waals surface area contributed by atoms with Gasteiger partial charge in [-0.2, -0.15) is 0 Å². The fourth-order valence-electron chi connectivity index (χ4n) is 1.23. The molecule has 2 rings (SSSR count). The van der Waals surface area contributed by atoms with Gasteiger partial charge in [-0.25, -0.2) is 13.2 Å². The summed E-state index contributed by atoms with van der Waals surface area (Å²) in [5.41, 5.74) is 0. The number of rotatable bonds is 2. The van der Waals surface area contributed by atoms with Crippen molar-refractivity contribution >= 4 is 11.8 Å². The SMILES string of the molecule is Fc1cc(F)c(Sc2ccccc2)c(F)c1. The molecule has 16 heavy (non-hydrogen) atoms. The lowest BCUT2D eigenvalue weighted by Crippen LogP contribution is -1.90. The van der Waals surface area contributed by atoms with Crippen molar-refractivity contribution in [1.82, 2.24) is 0 Å². The normalized spacial score (nSPS) is 10.4. The second-order valence-electron chi connectivity index (χ2n) is 3.11. The second-order valence-corrected chi connectivity index (χ2v) is 4.20. The monoisotopic (exact) mass is 240 g/mol. The molecule has 0 aromatic heterocycles. The maximum Gasteiger partial charge on any atom is 0.143 e. The third-order valence-corrected chi connectivity index (χ3v) is 3.03. The summed E-state index contributed by atoms with van der Waals surface area (Å²) in [4.78, 5) is 0.513. The van der Waals surface area contributed by atoms with Crippen LogP contribution >= 0.6 is 11.8 Å². The topological polar surface area (TPSA) is 0 Å². The Balaban J connectivity index is 2.35. The van der Waals surface area contributed by atoms with E-state index in [1.807, 2.05) is 0 Å². The molecule has 0 aliphatic heterocycles. The molecule has 0 nitrogen and oxygen atoms in total. The van der Waals surface area contributed by atoms with Crippen molar-refractivity contribution in [3.05, 3.63) is 59.9 Å². The van der Waals surface area contributed by atoms with Crippen molar-refractivity contribution in [2.75, 3.05) is 0 Å². The fourth-order valence-corrected chi connectivity index (χ4v) is 2.07. The summed E-state index contributed by atoms with van der Waals surface area (Å²) in [5, 5.41) is 0. The Kier molecular flexibility index (Phi) is 3.19. The molecule has 0 amide bonds. The Morgan fingerprint density at radius 2 is 1.38 bits per heavy atom. The molecule has 82 valence electrons. The Hall–Kier alpha value is -1.42. The molecule has 0 radical (unpaired) electrons. The van der Waals surface area contributed by atoms with Crippen LogP contribution in [0.1, 0.15) is 0 Å². The van der Waals surface area contributed by atoms with Crippen LogP contribution in [-0.2, 0) is 0 Å². The average Bonchev–Trinajstić information content (AvgIpc) is 2.25. The standard InChI is InChI=1S/C12H7F3S/c13-8-6-10(14)12(11(15)7-8)16-9-4-2-1-3-5-9/h1-7H. The molecule has 0 unspecified atom stereocenters. The molecule has 0 aliphatic rings. The predicted octanol–water partition coefficient (Wildman–Crippen LogP) is 4.26. The van der Waals surface area contributed by atoms with E-state index < -0.39 is 17.5 Å². The van der Waals surface area contributed by atoms with Crippen molar-refractivity contribution < 1.29 is 13.2 Å². The van der Waals surface area contributed by atoms with E-state index in [-0.39, 0.29) is 4.90 Å². The van der Waals surface area contributed by atoms with Gasteiger partial charge in [0.05, 0.1) is 4.90 Å². The van der Waals surface area contributed by atoms with Crippen LogP contribution < -0.4 is 0 Å². The molecule has 0 bridgehead atoms. The fraction of sp³-hybridized carbons (Fsp3) is 0. The highest BCUT2D eigenvalue weighted by Gasteiger charge is 2.12. The van der Waals surface area contributed by atoms with Crippen LogP contribution in [0.4, 0.5) is 13.2 Å². The minimum Gasteiger partial charge on any atom is -0.207 e. The van der Waals surface area contributed by atoms with Crippen LogP contribution in [0, 0.1) is 17.5 Å². The van der Waals surface area contributed by atoms with Gasteiger partial charge in [-0.05, 0) is 12.1 Å². The zero-order valence-electron chi connectivity index (χ0n) is 8.08. The van der Waals surface area contributed by atoms with E-state index in [4.69, 9.17) is 0 Å². The van der Waals surface area contributed by atoms with Crippen molar-refractivity contribution in [3.63, 3.8) is 0 Å².